The molecular formula is C9H18N2O. The van der Waals surface area contributed by atoms with Crippen molar-refractivity contribution in [2.45, 2.75) is 44.6 Å². The van der Waals surface area contributed by atoms with Gasteiger partial charge in [0.2, 0.25) is 0 Å². The number of ether oxygens (including phenoxy) is 1. The molecule has 0 aromatic carbocycles. The Morgan fingerprint density at radius 2 is 2.00 bits per heavy atom. The van der Waals surface area contributed by atoms with Crippen LogP contribution in [-0.4, -0.2) is 18.0 Å². The quantitative estimate of drug-likeness (QED) is 0.500. The maximum Gasteiger partial charge on any atom is 0.124 e. The molecule has 0 bridgehead atoms. The molecule has 12 heavy (non-hydrogen) atoms. The van der Waals surface area contributed by atoms with Crippen molar-refractivity contribution in [2.75, 3.05) is 6.61 Å². The van der Waals surface area contributed by atoms with Gasteiger partial charge in [-0.25, -0.2) is 0 Å². The monoisotopic (exact) mass is 170 g/mol. The molecule has 3 heteroatoms. The standard InChI is InChI=1S/C9H18N2O/c1-2-12-9(8(10)11)6-4-3-5-7-9/h2-7H2,1H3,(H3,10,11). The van der Waals surface area contributed by atoms with Crippen LogP contribution in [0.25, 0.3) is 0 Å². The summed E-state index contributed by atoms with van der Waals surface area (Å²) in [5.41, 5.74) is 5.14. The molecule has 0 radical (unpaired) electrons. The Kier molecular flexibility index (Phi) is 3.09. The van der Waals surface area contributed by atoms with Gasteiger partial charge in [-0.1, -0.05) is 19.3 Å². The number of amidine groups is 1. The van der Waals surface area contributed by atoms with E-state index in [0.717, 1.165) is 25.7 Å². The Morgan fingerprint density at radius 3 is 2.42 bits per heavy atom. The van der Waals surface area contributed by atoms with Gasteiger partial charge >= 0.3 is 0 Å². The summed E-state index contributed by atoms with van der Waals surface area (Å²) < 4.78 is 5.58. The van der Waals surface area contributed by atoms with E-state index in [1.54, 1.807) is 0 Å². The molecule has 1 saturated carbocycles. The second-order valence-electron chi connectivity index (χ2n) is 3.40. The number of nitrogens with one attached hydrogen (secondary N) is 1. The van der Waals surface area contributed by atoms with Crippen LogP contribution in [0.15, 0.2) is 0 Å². The normalized spacial score (nSPS) is 22.1. The molecule has 0 atom stereocenters. The van der Waals surface area contributed by atoms with Gasteiger partial charge in [0.05, 0.1) is 0 Å². The van der Waals surface area contributed by atoms with Crippen LogP contribution < -0.4 is 5.73 Å². The van der Waals surface area contributed by atoms with Gasteiger partial charge in [-0.05, 0) is 19.8 Å². The highest BCUT2D eigenvalue weighted by atomic mass is 16.5. The third-order valence-electron chi connectivity index (χ3n) is 2.57. The van der Waals surface area contributed by atoms with Crippen molar-refractivity contribution in [1.82, 2.24) is 0 Å². The lowest BCUT2D eigenvalue weighted by molar-refractivity contribution is -0.0124. The average Bonchev–Trinajstić information content (AvgIpc) is 2.06. The topological polar surface area (TPSA) is 59.1 Å². The first-order chi connectivity index (χ1) is 5.71. The largest absolute Gasteiger partial charge is 0.385 e. The second kappa shape index (κ2) is 3.90. The van der Waals surface area contributed by atoms with Crippen LogP contribution in [0.4, 0.5) is 0 Å². The van der Waals surface area contributed by atoms with Gasteiger partial charge in [-0.2, -0.15) is 0 Å². The van der Waals surface area contributed by atoms with Crippen molar-refractivity contribution in [3.8, 4) is 0 Å². The number of rotatable bonds is 3. The molecule has 1 aliphatic carbocycles. The van der Waals surface area contributed by atoms with Crippen LogP contribution in [-0.2, 0) is 4.74 Å². The van der Waals surface area contributed by atoms with Crippen LogP contribution in [0, 0.1) is 5.41 Å². The van der Waals surface area contributed by atoms with E-state index in [9.17, 15) is 0 Å². The van der Waals surface area contributed by atoms with Crippen LogP contribution in [0.5, 0.6) is 0 Å². The van der Waals surface area contributed by atoms with Gasteiger partial charge in [-0.3, -0.25) is 5.41 Å². The lowest BCUT2D eigenvalue weighted by atomic mass is 9.84. The van der Waals surface area contributed by atoms with E-state index in [2.05, 4.69) is 0 Å². The molecule has 0 aliphatic heterocycles. The molecule has 70 valence electrons. The summed E-state index contributed by atoms with van der Waals surface area (Å²) in [4.78, 5) is 0. The maximum atomic E-state index is 7.49. The first kappa shape index (κ1) is 9.52. The van der Waals surface area contributed by atoms with Crippen molar-refractivity contribution in [3.63, 3.8) is 0 Å². The first-order valence-electron chi connectivity index (χ1n) is 4.70. The summed E-state index contributed by atoms with van der Waals surface area (Å²) in [6.07, 6.45) is 5.38. The molecule has 0 unspecified atom stereocenters. The fourth-order valence-corrected chi connectivity index (χ4v) is 1.89. The van der Waals surface area contributed by atoms with Crippen molar-refractivity contribution < 1.29 is 4.74 Å². The molecule has 1 rings (SSSR count). The molecular weight excluding hydrogens is 152 g/mol. The SMILES string of the molecule is CCOC1(C(=N)N)CCCCC1. The fraction of sp³-hybridized carbons (Fsp3) is 0.889. The van der Waals surface area contributed by atoms with Gasteiger partial charge in [0.15, 0.2) is 0 Å². The molecule has 3 nitrogen and oxygen atoms in total. The summed E-state index contributed by atoms with van der Waals surface area (Å²) in [7, 11) is 0. The Labute approximate surface area is 73.8 Å². The predicted molar refractivity (Wildman–Crippen MR) is 49.4 cm³/mol. The van der Waals surface area contributed by atoms with E-state index in [4.69, 9.17) is 15.9 Å². The minimum atomic E-state index is -0.410. The molecule has 0 aromatic heterocycles. The average molecular weight is 170 g/mol. The molecule has 0 saturated heterocycles. The van der Waals surface area contributed by atoms with E-state index < -0.39 is 5.60 Å². The summed E-state index contributed by atoms with van der Waals surface area (Å²) in [6, 6.07) is 0. The van der Waals surface area contributed by atoms with Crippen molar-refractivity contribution in [2.24, 2.45) is 5.73 Å². The lowest BCUT2D eigenvalue weighted by Crippen LogP contribution is -2.47. The van der Waals surface area contributed by atoms with Gasteiger partial charge in [0.25, 0.3) is 0 Å². The van der Waals surface area contributed by atoms with Crippen LogP contribution in [0.2, 0.25) is 0 Å². The highest BCUT2D eigenvalue weighted by molar-refractivity contribution is 5.86. The smallest absolute Gasteiger partial charge is 0.124 e. The zero-order valence-corrected chi connectivity index (χ0v) is 7.73. The fourth-order valence-electron chi connectivity index (χ4n) is 1.89. The zero-order chi connectivity index (χ0) is 9.03. The minimum absolute atomic E-state index is 0.212. The Bertz CT molecular complexity index is 156. The van der Waals surface area contributed by atoms with Gasteiger partial charge in [0.1, 0.15) is 11.4 Å². The van der Waals surface area contributed by atoms with E-state index in [1.165, 1.54) is 6.42 Å². The van der Waals surface area contributed by atoms with Gasteiger partial charge in [0, 0.05) is 6.61 Å². The molecule has 0 spiro atoms. The van der Waals surface area contributed by atoms with E-state index >= 15 is 0 Å². The van der Waals surface area contributed by atoms with Crippen LogP contribution >= 0.6 is 0 Å². The highest BCUT2D eigenvalue weighted by Gasteiger charge is 2.35. The van der Waals surface area contributed by atoms with Gasteiger partial charge < -0.3 is 10.5 Å². The summed E-state index contributed by atoms with van der Waals surface area (Å²) >= 11 is 0. The molecule has 0 amide bonds. The molecule has 1 aliphatic rings. The predicted octanol–water partition coefficient (Wildman–Crippen LogP) is 1.66. The molecule has 3 N–H and O–H groups in total. The maximum absolute atomic E-state index is 7.49. The summed E-state index contributed by atoms with van der Waals surface area (Å²) in [5.74, 6) is 0.212. The zero-order valence-electron chi connectivity index (χ0n) is 7.73. The lowest BCUT2D eigenvalue weighted by Gasteiger charge is -2.35. The number of hydrogen-bond donors (Lipinski definition) is 2. The molecule has 0 aromatic rings. The van der Waals surface area contributed by atoms with Crippen LogP contribution in [0.3, 0.4) is 0 Å². The Hall–Kier alpha value is -0.570. The van der Waals surface area contributed by atoms with E-state index in [0.29, 0.717) is 6.61 Å². The Morgan fingerprint density at radius 1 is 1.42 bits per heavy atom. The molecule has 0 heterocycles. The first-order valence-corrected chi connectivity index (χ1v) is 4.70. The Balaban J connectivity index is 2.63. The second-order valence-corrected chi connectivity index (χ2v) is 3.40. The van der Waals surface area contributed by atoms with Crippen molar-refractivity contribution in [3.05, 3.63) is 0 Å². The summed E-state index contributed by atoms with van der Waals surface area (Å²) in [6.45, 7) is 2.61. The van der Waals surface area contributed by atoms with Gasteiger partial charge in [-0.15, -0.1) is 0 Å². The number of hydrogen-bond acceptors (Lipinski definition) is 2. The third kappa shape index (κ3) is 1.78. The van der Waals surface area contributed by atoms with E-state index in [-0.39, 0.29) is 5.84 Å². The third-order valence-corrected chi connectivity index (χ3v) is 2.57. The van der Waals surface area contributed by atoms with Crippen molar-refractivity contribution >= 4 is 5.84 Å². The van der Waals surface area contributed by atoms with Crippen molar-refractivity contribution in [1.29, 1.82) is 5.41 Å². The minimum Gasteiger partial charge on any atom is -0.385 e. The van der Waals surface area contributed by atoms with E-state index in [1.807, 2.05) is 6.92 Å². The molecule has 1 fully saturated rings. The summed E-state index contributed by atoms with van der Waals surface area (Å²) in [5, 5.41) is 7.49. The van der Waals surface area contributed by atoms with Crippen LogP contribution in [0.1, 0.15) is 39.0 Å². The highest BCUT2D eigenvalue weighted by Crippen LogP contribution is 2.31. The number of nitrogens with two attached hydrogens (primary N) is 1.